The minimum absolute atomic E-state index is 0.273. The van der Waals surface area contributed by atoms with Crippen LogP contribution in [0.25, 0.3) is 0 Å². The molecule has 0 atom stereocenters. The van der Waals surface area contributed by atoms with Crippen LogP contribution in [0.4, 0.5) is 0 Å². The van der Waals surface area contributed by atoms with Crippen molar-refractivity contribution in [2.75, 3.05) is 6.54 Å². The average molecular weight is 304 g/mol. The van der Waals surface area contributed by atoms with Gasteiger partial charge in [-0.15, -0.1) is 11.3 Å². The summed E-state index contributed by atoms with van der Waals surface area (Å²) in [5.41, 5.74) is 5.44. The highest BCUT2D eigenvalue weighted by Crippen LogP contribution is 2.29. The highest BCUT2D eigenvalue weighted by molar-refractivity contribution is 9.10. The van der Waals surface area contributed by atoms with Crippen LogP contribution in [0.15, 0.2) is 15.9 Å². The maximum atomic E-state index is 12.2. The molecular weight excluding hydrogens is 286 g/mol. The van der Waals surface area contributed by atoms with E-state index in [0.717, 1.165) is 22.2 Å². The van der Waals surface area contributed by atoms with E-state index >= 15 is 0 Å². The van der Waals surface area contributed by atoms with Gasteiger partial charge in [-0.3, -0.25) is 4.79 Å². The SMILES string of the molecule is CCC(CC)(CN)C(=O)Cc1cc(Br)cs1. The number of ketones is 1. The monoisotopic (exact) mass is 303 g/mol. The minimum Gasteiger partial charge on any atom is -0.329 e. The lowest BCUT2D eigenvalue weighted by atomic mass is 9.77. The highest BCUT2D eigenvalue weighted by atomic mass is 79.9. The van der Waals surface area contributed by atoms with E-state index in [9.17, 15) is 4.79 Å². The number of hydrogen-bond donors (Lipinski definition) is 1. The number of rotatable bonds is 6. The zero-order valence-corrected chi connectivity index (χ0v) is 12.2. The quantitative estimate of drug-likeness (QED) is 0.875. The average Bonchev–Trinajstić information content (AvgIpc) is 2.67. The van der Waals surface area contributed by atoms with Crippen molar-refractivity contribution in [1.82, 2.24) is 0 Å². The molecule has 16 heavy (non-hydrogen) atoms. The van der Waals surface area contributed by atoms with E-state index in [1.54, 1.807) is 11.3 Å². The van der Waals surface area contributed by atoms with Gasteiger partial charge in [-0.2, -0.15) is 0 Å². The van der Waals surface area contributed by atoms with E-state index in [4.69, 9.17) is 5.73 Å². The van der Waals surface area contributed by atoms with Crippen LogP contribution in [0.3, 0.4) is 0 Å². The molecule has 4 heteroatoms. The molecule has 0 radical (unpaired) electrons. The fraction of sp³-hybridized carbons (Fsp3) is 0.583. The first-order valence-electron chi connectivity index (χ1n) is 5.54. The predicted octanol–water partition coefficient (Wildman–Crippen LogP) is 3.39. The van der Waals surface area contributed by atoms with Crippen molar-refractivity contribution in [3.8, 4) is 0 Å². The number of halogens is 1. The van der Waals surface area contributed by atoms with Crippen molar-refractivity contribution in [3.63, 3.8) is 0 Å². The molecule has 2 nitrogen and oxygen atoms in total. The van der Waals surface area contributed by atoms with E-state index in [0.29, 0.717) is 13.0 Å². The number of carbonyl (C=O) groups is 1. The third-order valence-electron chi connectivity index (χ3n) is 3.29. The first-order valence-corrected chi connectivity index (χ1v) is 7.21. The van der Waals surface area contributed by atoms with Gasteiger partial charge in [0.2, 0.25) is 0 Å². The first kappa shape index (κ1) is 13.9. The Morgan fingerprint density at radius 2 is 2.12 bits per heavy atom. The van der Waals surface area contributed by atoms with Gasteiger partial charge in [-0.25, -0.2) is 0 Å². The van der Waals surface area contributed by atoms with Crippen LogP contribution in [0, 0.1) is 5.41 Å². The minimum atomic E-state index is -0.323. The summed E-state index contributed by atoms with van der Waals surface area (Å²) in [7, 11) is 0. The summed E-state index contributed by atoms with van der Waals surface area (Å²) < 4.78 is 1.05. The number of nitrogens with two attached hydrogens (primary N) is 1. The molecule has 0 fully saturated rings. The Hall–Kier alpha value is -0.190. The van der Waals surface area contributed by atoms with Gasteiger partial charge in [0.15, 0.2) is 0 Å². The Kier molecular flexibility index (Phi) is 5.15. The molecule has 1 heterocycles. The van der Waals surface area contributed by atoms with E-state index in [1.807, 2.05) is 25.3 Å². The standard InChI is InChI=1S/C12H18BrNOS/c1-3-12(4-2,8-14)11(15)6-10-5-9(13)7-16-10/h5,7H,3-4,6,8,14H2,1-2H3. The third-order valence-corrected chi connectivity index (χ3v) is 4.99. The number of thiophene rings is 1. The van der Waals surface area contributed by atoms with Crippen molar-refractivity contribution in [2.24, 2.45) is 11.1 Å². The van der Waals surface area contributed by atoms with Crippen LogP contribution in [0.5, 0.6) is 0 Å². The van der Waals surface area contributed by atoms with Gasteiger partial charge < -0.3 is 5.73 Å². The second kappa shape index (κ2) is 5.94. The van der Waals surface area contributed by atoms with Gasteiger partial charge in [-0.1, -0.05) is 13.8 Å². The molecular formula is C12H18BrNOS. The van der Waals surface area contributed by atoms with Gasteiger partial charge >= 0.3 is 0 Å². The molecule has 1 aromatic rings. The molecule has 90 valence electrons. The van der Waals surface area contributed by atoms with Crippen molar-refractivity contribution in [1.29, 1.82) is 0 Å². The molecule has 1 aromatic heterocycles. The Balaban J connectivity index is 2.77. The Morgan fingerprint density at radius 1 is 1.50 bits per heavy atom. The van der Waals surface area contributed by atoms with E-state index in [1.165, 1.54) is 0 Å². The van der Waals surface area contributed by atoms with Crippen LogP contribution in [0.1, 0.15) is 31.6 Å². The summed E-state index contributed by atoms with van der Waals surface area (Å²) in [6.07, 6.45) is 2.16. The zero-order valence-electron chi connectivity index (χ0n) is 9.75. The molecule has 0 aromatic carbocycles. The van der Waals surface area contributed by atoms with Crippen LogP contribution < -0.4 is 5.73 Å². The van der Waals surface area contributed by atoms with Gasteiger partial charge in [-0.05, 0) is 34.8 Å². The molecule has 0 saturated heterocycles. The van der Waals surface area contributed by atoms with Gasteiger partial charge in [0, 0.05) is 33.1 Å². The Bertz CT molecular complexity index is 349. The zero-order chi connectivity index (χ0) is 12.2. The fourth-order valence-electron chi connectivity index (χ4n) is 1.84. The highest BCUT2D eigenvalue weighted by Gasteiger charge is 2.32. The molecule has 1 rings (SSSR count). The van der Waals surface area contributed by atoms with Crippen LogP contribution in [-0.4, -0.2) is 12.3 Å². The third kappa shape index (κ3) is 2.93. The summed E-state index contributed by atoms with van der Waals surface area (Å²) in [5, 5.41) is 2.00. The van der Waals surface area contributed by atoms with Crippen LogP contribution >= 0.6 is 27.3 Å². The first-order chi connectivity index (χ1) is 7.57. The summed E-state index contributed by atoms with van der Waals surface area (Å²) in [5.74, 6) is 0.273. The Morgan fingerprint density at radius 3 is 2.50 bits per heavy atom. The van der Waals surface area contributed by atoms with Crippen LogP contribution in [0.2, 0.25) is 0 Å². The topological polar surface area (TPSA) is 43.1 Å². The second-order valence-electron chi connectivity index (χ2n) is 4.02. The van der Waals surface area contributed by atoms with Gasteiger partial charge in [0.1, 0.15) is 5.78 Å². The number of carbonyl (C=O) groups excluding carboxylic acids is 1. The van der Waals surface area contributed by atoms with E-state index < -0.39 is 0 Å². The molecule has 0 saturated carbocycles. The molecule has 0 aliphatic rings. The number of Topliss-reactive ketones (excluding diaryl/α,β-unsaturated/α-hetero) is 1. The summed E-state index contributed by atoms with van der Waals surface area (Å²) in [6, 6.07) is 2.01. The molecule has 2 N–H and O–H groups in total. The predicted molar refractivity (Wildman–Crippen MR) is 72.8 cm³/mol. The van der Waals surface area contributed by atoms with Gasteiger partial charge in [0.25, 0.3) is 0 Å². The van der Waals surface area contributed by atoms with Crippen LogP contribution in [-0.2, 0) is 11.2 Å². The second-order valence-corrected chi connectivity index (χ2v) is 5.93. The molecule has 0 spiro atoms. The molecule has 0 unspecified atom stereocenters. The number of hydrogen-bond acceptors (Lipinski definition) is 3. The summed E-state index contributed by atoms with van der Waals surface area (Å²) >= 11 is 5.02. The fourth-order valence-corrected chi connectivity index (χ4v) is 3.29. The molecule has 0 aliphatic carbocycles. The van der Waals surface area contributed by atoms with Crippen molar-refractivity contribution >= 4 is 33.0 Å². The van der Waals surface area contributed by atoms with Gasteiger partial charge in [0.05, 0.1) is 0 Å². The lowest BCUT2D eigenvalue weighted by Crippen LogP contribution is -2.38. The lowest BCUT2D eigenvalue weighted by Gasteiger charge is -2.28. The maximum Gasteiger partial charge on any atom is 0.145 e. The smallest absolute Gasteiger partial charge is 0.145 e. The summed E-state index contributed by atoms with van der Waals surface area (Å²) in [4.78, 5) is 13.4. The molecule has 0 aliphatic heterocycles. The Labute approximate surface area is 109 Å². The molecule has 0 bridgehead atoms. The lowest BCUT2D eigenvalue weighted by molar-refractivity contribution is -0.128. The normalized spacial score (nSPS) is 11.8. The van der Waals surface area contributed by atoms with E-state index in [-0.39, 0.29) is 11.2 Å². The van der Waals surface area contributed by atoms with Crippen molar-refractivity contribution in [3.05, 3.63) is 20.8 Å². The van der Waals surface area contributed by atoms with E-state index in [2.05, 4.69) is 15.9 Å². The van der Waals surface area contributed by atoms with Crippen molar-refractivity contribution in [2.45, 2.75) is 33.1 Å². The molecule has 0 amide bonds. The van der Waals surface area contributed by atoms with Crippen molar-refractivity contribution < 1.29 is 4.79 Å². The maximum absolute atomic E-state index is 12.2. The largest absolute Gasteiger partial charge is 0.329 e. The summed E-state index contributed by atoms with van der Waals surface area (Å²) in [6.45, 7) is 4.53.